The Hall–Kier alpha value is -2.94. The van der Waals surface area contributed by atoms with E-state index in [4.69, 9.17) is 0 Å². The zero-order chi connectivity index (χ0) is 14.7. The molecule has 0 bridgehead atoms. The van der Waals surface area contributed by atoms with E-state index >= 15 is 0 Å². The van der Waals surface area contributed by atoms with Gasteiger partial charge in [0.15, 0.2) is 5.78 Å². The fraction of sp³-hybridized carbons (Fsp3) is 0. The highest BCUT2D eigenvalue weighted by molar-refractivity contribution is 6.10. The summed E-state index contributed by atoms with van der Waals surface area (Å²) < 4.78 is 0. The van der Waals surface area contributed by atoms with Gasteiger partial charge < -0.3 is 5.11 Å². The second-order valence-corrected chi connectivity index (χ2v) is 4.69. The first-order valence-electron chi connectivity index (χ1n) is 6.58. The average Bonchev–Trinajstić information content (AvgIpc) is 2.53. The van der Waals surface area contributed by atoms with Crippen molar-refractivity contribution < 1.29 is 9.90 Å². The van der Waals surface area contributed by atoms with Crippen LogP contribution >= 0.6 is 0 Å². The van der Waals surface area contributed by atoms with Gasteiger partial charge in [0.2, 0.25) is 0 Å². The third-order valence-corrected chi connectivity index (χ3v) is 3.26. The number of phenolic OH excluding ortho intramolecular Hbond substituents is 1. The second-order valence-electron chi connectivity index (χ2n) is 4.69. The molecule has 0 atom stereocenters. The topological polar surface area (TPSA) is 50.2 Å². The number of allylic oxidation sites excluding steroid dienone is 1. The number of phenols is 1. The Kier molecular flexibility index (Phi) is 3.48. The zero-order valence-electron chi connectivity index (χ0n) is 11.2. The van der Waals surface area contributed by atoms with Crippen molar-refractivity contribution in [1.82, 2.24) is 4.98 Å². The number of benzene rings is 2. The van der Waals surface area contributed by atoms with E-state index in [1.54, 1.807) is 30.6 Å². The quantitative estimate of drug-likeness (QED) is 0.583. The summed E-state index contributed by atoms with van der Waals surface area (Å²) in [5.74, 6) is -0.229. The largest absolute Gasteiger partial charge is 0.507 e. The van der Waals surface area contributed by atoms with E-state index < -0.39 is 0 Å². The predicted octanol–water partition coefficient (Wildman–Crippen LogP) is 3.84. The highest BCUT2D eigenvalue weighted by Crippen LogP contribution is 2.25. The number of rotatable bonds is 3. The van der Waals surface area contributed by atoms with Gasteiger partial charge in [0.1, 0.15) is 5.75 Å². The first kappa shape index (κ1) is 13.1. The van der Waals surface area contributed by atoms with Crippen molar-refractivity contribution >= 4 is 22.6 Å². The van der Waals surface area contributed by atoms with Crippen LogP contribution in [0.4, 0.5) is 0 Å². The van der Waals surface area contributed by atoms with Crippen molar-refractivity contribution in [3.05, 3.63) is 78.1 Å². The van der Waals surface area contributed by atoms with Crippen LogP contribution in [0, 0.1) is 0 Å². The smallest absolute Gasteiger partial charge is 0.189 e. The van der Waals surface area contributed by atoms with Crippen LogP contribution in [-0.2, 0) is 0 Å². The summed E-state index contributed by atoms with van der Waals surface area (Å²) in [5, 5.41) is 11.8. The second kappa shape index (κ2) is 5.59. The van der Waals surface area contributed by atoms with Crippen LogP contribution in [-0.4, -0.2) is 15.9 Å². The highest BCUT2D eigenvalue weighted by Gasteiger charge is 2.09. The van der Waals surface area contributed by atoms with Gasteiger partial charge >= 0.3 is 0 Å². The minimum atomic E-state index is -0.227. The van der Waals surface area contributed by atoms with Crippen molar-refractivity contribution in [2.45, 2.75) is 0 Å². The fourth-order valence-corrected chi connectivity index (χ4v) is 2.16. The van der Waals surface area contributed by atoms with Crippen LogP contribution in [0.1, 0.15) is 15.9 Å². The lowest BCUT2D eigenvalue weighted by Crippen LogP contribution is -1.95. The maximum absolute atomic E-state index is 12.2. The van der Waals surface area contributed by atoms with E-state index in [-0.39, 0.29) is 11.5 Å². The molecule has 0 saturated heterocycles. The molecule has 1 aromatic heterocycles. The van der Waals surface area contributed by atoms with Crippen molar-refractivity contribution in [3.8, 4) is 5.75 Å². The molecule has 0 saturated carbocycles. The summed E-state index contributed by atoms with van der Waals surface area (Å²) in [7, 11) is 0. The SMILES string of the molecule is O=C(/C=C/c1ccncc1)c1cc2ccccc2cc1O. The van der Waals surface area contributed by atoms with Crippen molar-refractivity contribution in [2.24, 2.45) is 0 Å². The number of ketones is 1. The minimum Gasteiger partial charge on any atom is -0.507 e. The van der Waals surface area contributed by atoms with Crippen molar-refractivity contribution in [1.29, 1.82) is 0 Å². The fourth-order valence-electron chi connectivity index (χ4n) is 2.16. The first-order valence-corrected chi connectivity index (χ1v) is 6.58. The molecule has 3 aromatic rings. The van der Waals surface area contributed by atoms with Gasteiger partial charge in [-0.1, -0.05) is 30.3 Å². The van der Waals surface area contributed by atoms with Crippen LogP contribution in [0.3, 0.4) is 0 Å². The Bertz CT molecular complexity index is 823. The zero-order valence-corrected chi connectivity index (χ0v) is 11.2. The monoisotopic (exact) mass is 275 g/mol. The van der Waals surface area contributed by atoms with Crippen molar-refractivity contribution in [3.63, 3.8) is 0 Å². The summed E-state index contributed by atoms with van der Waals surface area (Å²) >= 11 is 0. The van der Waals surface area contributed by atoms with Crippen LogP contribution in [0.5, 0.6) is 5.75 Å². The Morgan fingerprint density at radius 2 is 1.67 bits per heavy atom. The van der Waals surface area contributed by atoms with Gasteiger partial charge in [0.05, 0.1) is 5.56 Å². The molecule has 0 unspecified atom stereocenters. The van der Waals surface area contributed by atoms with Gasteiger partial charge in [-0.05, 0) is 46.7 Å². The molecule has 3 heteroatoms. The van der Waals surface area contributed by atoms with Gasteiger partial charge in [-0.2, -0.15) is 0 Å². The molecule has 0 radical (unpaired) electrons. The van der Waals surface area contributed by atoms with Crippen LogP contribution in [0.15, 0.2) is 67.0 Å². The molecule has 102 valence electrons. The summed E-state index contributed by atoms with van der Waals surface area (Å²) in [6.45, 7) is 0. The van der Waals surface area contributed by atoms with E-state index in [1.165, 1.54) is 6.08 Å². The lowest BCUT2D eigenvalue weighted by molar-refractivity contribution is 0.104. The molecule has 0 aliphatic rings. The Morgan fingerprint density at radius 1 is 1.00 bits per heavy atom. The van der Waals surface area contributed by atoms with Gasteiger partial charge in [-0.25, -0.2) is 0 Å². The Labute approximate surface area is 122 Å². The summed E-state index contributed by atoms with van der Waals surface area (Å²) in [5.41, 5.74) is 1.19. The number of hydrogen-bond donors (Lipinski definition) is 1. The average molecular weight is 275 g/mol. The van der Waals surface area contributed by atoms with Crippen molar-refractivity contribution in [2.75, 3.05) is 0 Å². The molecule has 1 N–H and O–H groups in total. The molecule has 2 aromatic carbocycles. The standard InChI is InChI=1S/C18H13NO2/c20-17(6-5-13-7-9-19-10-8-13)16-11-14-3-1-2-4-15(14)12-18(16)21/h1-12,21H/b6-5+. The third-order valence-electron chi connectivity index (χ3n) is 3.26. The maximum Gasteiger partial charge on any atom is 0.189 e. The van der Waals surface area contributed by atoms with E-state index in [1.807, 2.05) is 36.4 Å². The van der Waals surface area contributed by atoms with Gasteiger partial charge in [-0.15, -0.1) is 0 Å². The number of carbonyl (C=O) groups is 1. The van der Waals surface area contributed by atoms with Gasteiger partial charge in [-0.3, -0.25) is 9.78 Å². The molecular weight excluding hydrogens is 262 g/mol. The highest BCUT2D eigenvalue weighted by atomic mass is 16.3. The molecule has 0 aliphatic heterocycles. The number of aromatic nitrogens is 1. The molecule has 3 nitrogen and oxygen atoms in total. The van der Waals surface area contributed by atoms with Crippen LogP contribution < -0.4 is 0 Å². The molecule has 0 amide bonds. The lowest BCUT2D eigenvalue weighted by Gasteiger charge is -2.04. The summed E-state index contributed by atoms with van der Waals surface area (Å²) in [4.78, 5) is 16.1. The molecule has 0 aliphatic carbocycles. The number of carbonyl (C=O) groups excluding carboxylic acids is 1. The molecule has 0 spiro atoms. The molecule has 21 heavy (non-hydrogen) atoms. The lowest BCUT2D eigenvalue weighted by atomic mass is 10.0. The predicted molar refractivity (Wildman–Crippen MR) is 83.2 cm³/mol. The molecule has 3 rings (SSSR count). The van der Waals surface area contributed by atoms with E-state index in [0.717, 1.165) is 16.3 Å². The van der Waals surface area contributed by atoms with Gasteiger partial charge in [0, 0.05) is 12.4 Å². The Balaban J connectivity index is 1.94. The Morgan fingerprint density at radius 3 is 2.38 bits per heavy atom. The number of pyridine rings is 1. The first-order chi connectivity index (χ1) is 10.2. The normalized spacial score (nSPS) is 11.0. The van der Waals surface area contributed by atoms with Crippen LogP contribution in [0.2, 0.25) is 0 Å². The van der Waals surface area contributed by atoms with E-state index in [9.17, 15) is 9.90 Å². The minimum absolute atomic E-state index is 0.00178. The molecule has 1 heterocycles. The van der Waals surface area contributed by atoms with Crippen LogP contribution in [0.25, 0.3) is 16.8 Å². The molecular formula is C18H13NO2. The maximum atomic E-state index is 12.2. The van der Waals surface area contributed by atoms with E-state index in [2.05, 4.69) is 4.98 Å². The van der Waals surface area contributed by atoms with Gasteiger partial charge in [0.25, 0.3) is 0 Å². The number of aromatic hydroxyl groups is 1. The number of nitrogens with zero attached hydrogens (tertiary/aromatic N) is 1. The number of hydrogen-bond acceptors (Lipinski definition) is 3. The summed E-state index contributed by atoms with van der Waals surface area (Å²) in [6.07, 6.45) is 6.49. The summed E-state index contributed by atoms with van der Waals surface area (Å²) in [6, 6.07) is 14.6. The molecule has 0 fully saturated rings. The third kappa shape index (κ3) is 2.82. The van der Waals surface area contributed by atoms with E-state index in [0.29, 0.717) is 5.56 Å². The number of fused-ring (bicyclic) bond motifs is 1.